The van der Waals surface area contributed by atoms with Gasteiger partial charge in [-0.3, -0.25) is 14.6 Å². The average molecular weight is 501 g/mol. The van der Waals surface area contributed by atoms with Crippen LogP contribution >= 0.6 is 0 Å². The summed E-state index contributed by atoms with van der Waals surface area (Å²) in [5.74, 6) is 1.32. The lowest BCUT2D eigenvalue weighted by Crippen LogP contribution is -2.67. The van der Waals surface area contributed by atoms with E-state index >= 15 is 0 Å². The van der Waals surface area contributed by atoms with E-state index in [0.29, 0.717) is 48.1 Å². The molecule has 2 unspecified atom stereocenters. The molecule has 0 spiro atoms. The van der Waals surface area contributed by atoms with E-state index in [4.69, 9.17) is 14.2 Å². The highest BCUT2D eigenvalue weighted by molar-refractivity contribution is 6.10. The maximum absolute atomic E-state index is 14.2. The van der Waals surface area contributed by atoms with Gasteiger partial charge < -0.3 is 14.2 Å². The summed E-state index contributed by atoms with van der Waals surface area (Å²) in [5, 5.41) is 0. The minimum absolute atomic E-state index is 0.357. The van der Waals surface area contributed by atoms with Gasteiger partial charge in [-0.2, -0.15) is 0 Å². The van der Waals surface area contributed by atoms with Crippen molar-refractivity contribution in [2.24, 2.45) is 0 Å². The molecule has 3 aromatic carbocycles. The van der Waals surface area contributed by atoms with E-state index in [2.05, 4.69) is 6.92 Å². The lowest BCUT2D eigenvalue weighted by atomic mass is 9.88. The smallest absolute Gasteiger partial charge is 0.335 e. The first-order valence-corrected chi connectivity index (χ1v) is 12.8. The molecule has 2 atom stereocenters. The Morgan fingerprint density at radius 1 is 0.973 bits per heavy atom. The molecule has 0 radical (unpaired) electrons. The van der Waals surface area contributed by atoms with Crippen LogP contribution in [0.15, 0.2) is 66.7 Å². The maximum atomic E-state index is 14.2. The number of nitrogens with zero attached hydrogens (tertiary/aromatic N) is 2. The molecule has 2 aliphatic rings. The number of ether oxygens (including phenoxy) is 3. The van der Waals surface area contributed by atoms with Crippen LogP contribution in [0.2, 0.25) is 0 Å². The summed E-state index contributed by atoms with van der Waals surface area (Å²) in [6.45, 7) is 8.65. The Hall–Kier alpha value is -4.00. The van der Waals surface area contributed by atoms with Crippen LogP contribution in [0.4, 0.5) is 10.5 Å². The number of amides is 3. The standard InChI is InChI=1S/C30H32N2O5/c1-5-20-11-10-12-22(17-20)32-29(34)31(24-19-30(32,4)37-25-14-9-8-13-23(24)25)28(33)21-15-16-26(35-6-2)27(18-21)36-7-3/h8-18,24H,5-7,19H2,1-4H3. The Bertz CT molecular complexity index is 1340. The molecule has 37 heavy (non-hydrogen) atoms. The minimum Gasteiger partial charge on any atom is -0.490 e. The number of carbonyl (C=O) groups excluding carboxylic acids is 2. The molecular formula is C30H32N2O5. The van der Waals surface area contributed by atoms with Gasteiger partial charge in [0.15, 0.2) is 17.2 Å². The topological polar surface area (TPSA) is 68.3 Å². The number of imide groups is 1. The van der Waals surface area contributed by atoms with Crippen LogP contribution in [0.5, 0.6) is 17.2 Å². The van der Waals surface area contributed by atoms with Crippen LogP contribution in [0.3, 0.4) is 0 Å². The highest BCUT2D eigenvalue weighted by Crippen LogP contribution is 2.50. The molecule has 7 heteroatoms. The lowest BCUT2D eigenvalue weighted by Gasteiger charge is -2.53. The van der Waals surface area contributed by atoms with Crippen LogP contribution in [-0.4, -0.2) is 35.8 Å². The Morgan fingerprint density at radius 3 is 2.49 bits per heavy atom. The molecule has 0 aromatic heterocycles. The summed E-state index contributed by atoms with van der Waals surface area (Å²) in [7, 11) is 0. The van der Waals surface area contributed by atoms with E-state index in [1.807, 2.05) is 69.3 Å². The average Bonchev–Trinajstić information content (AvgIpc) is 2.89. The van der Waals surface area contributed by atoms with Crippen LogP contribution in [0.1, 0.15) is 61.6 Å². The number of hydrogen-bond donors (Lipinski definition) is 0. The summed E-state index contributed by atoms with van der Waals surface area (Å²) in [6, 6.07) is 19.6. The highest BCUT2D eigenvalue weighted by atomic mass is 16.5. The van der Waals surface area contributed by atoms with Crippen LogP contribution in [0.25, 0.3) is 0 Å². The largest absolute Gasteiger partial charge is 0.490 e. The minimum atomic E-state index is -0.950. The summed E-state index contributed by atoms with van der Waals surface area (Å²) in [5.41, 5.74) is 2.02. The highest BCUT2D eigenvalue weighted by Gasteiger charge is 2.55. The second-order valence-electron chi connectivity index (χ2n) is 9.38. The number of rotatable bonds is 7. The summed E-state index contributed by atoms with van der Waals surface area (Å²) in [4.78, 5) is 31.3. The van der Waals surface area contributed by atoms with Crippen molar-refractivity contribution < 1.29 is 23.8 Å². The second kappa shape index (κ2) is 9.81. The number of fused-ring (bicyclic) bond motifs is 4. The van der Waals surface area contributed by atoms with Crippen LogP contribution in [-0.2, 0) is 6.42 Å². The van der Waals surface area contributed by atoms with Gasteiger partial charge in [-0.05, 0) is 69.2 Å². The number of benzene rings is 3. The molecular weight excluding hydrogens is 468 g/mol. The van der Waals surface area contributed by atoms with Gasteiger partial charge in [0.05, 0.1) is 19.3 Å². The summed E-state index contributed by atoms with van der Waals surface area (Å²) in [6.07, 6.45) is 1.27. The number of anilines is 1. The molecule has 2 bridgehead atoms. The monoisotopic (exact) mass is 500 g/mol. The fourth-order valence-corrected chi connectivity index (χ4v) is 5.26. The zero-order chi connectivity index (χ0) is 26.2. The van der Waals surface area contributed by atoms with Crippen LogP contribution in [0, 0.1) is 0 Å². The van der Waals surface area contributed by atoms with Crippen molar-refractivity contribution >= 4 is 17.6 Å². The zero-order valence-corrected chi connectivity index (χ0v) is 21.7. The number of urea groups is 1. The van der Waals surface area contributed by atoms with Gasteiger partial charge in [-0.1, -0.05) is 37.3 Å². The summed E-state index contributed by atoms with van der Waals surface area (Å²) < 4.78 is 17.9. The van der Waals surface area contributed by atoms with E-state index in [9.17, 15) is 9.59 Å². The quantitative estimate of drug-likeness (QED) is 0.377. The first kappa shape index (κ1) is 24.7. The number of aryl methyl sites for hydroxylation is 1. The number of para-hydroxylation sites is 1. The fraction of sp³-hybridized carbons (Fsp3) is 0.333. The van der Waals surface area contributed by atoms with Crippen LogP contribution < -0.4 is 19.1 Å². The third-order valence-electron chi connectivity index (χ3n) is 6.95. The molecule has 192 valence electrons. The molecule has 5 rings (SSSR count). The lowest BCUT2D eigenvalue weighted by molar-refractivity contribution is 0.00266. The Morgan fingerprint density at radius 2 is 1.73 bits per heavy atom. The normalized spacial score (nSPS) is 20.2. The first-order valence-electron chi connectivity index (χ1n) is 12.8. The van der Waals surface area contributed by atoms with Crippen molar-refractivity contribution in [1.29, 1.82) is 0 Å². The van der Waals surface area contributed by atoms with E-state index in [-0.39, 0.29) is 0 Å². The summed E-state index contributed by atoms with van der Waals surface area (Å²) >= 11 is 0. The fourth-order valence-electron chi connectivity index (χ4n) is 5.26. The van der Waals surface area contributed by atoms with E-state index in [0.717, 1.165) is 17.5 Å². The van der Waals surface area contributed by atoms with Gasteiger partial charge in [0, 0.05) is 23.2 Å². The third kappa shape index (κ3) is 4.28. The molecule has 0 saturated carbocycles. The van der Waals surface area contributed by atoms with Gasteiger partial charge >= 0.3 is 6.03 Å². The zero-order valence-electron chi connectivity index (χ0n) is 21.7. The molecule has 1 saturated heterocycles. The molecule has 2 aliphatic heterocycles. The first-order chi connectivity index (χ1) is 17.9. The van der Waals surface area contributed by atoms with E-state index in [1.54, 1.807) is 23.1 Å². The van der Waals surface area contributed by atoms with Gasteiger partial charge in [0.25, 0.3) is 5.91 Å². The molecule has 2 heterocycles. The number of carbonyl (C=O) groups is 2. The van der Waals surface area contributed by atoms with E-state index < -0.39 is 23.7 Å². The van der Waals surface area contributed by atoms with Gasteiger partial charge in [-0.15, -0.1) is 0 Å². The molecule has 1 fully saturated rings. The predicted molar refractivity (Wildman–Crippen MR) is 141 cm³/mol. The van der Waals surface area contributed by atoms with Gasteiger partial charge in [0.2, 0.25) is 0 Å². The Kier molecular flexibility index (Phi) is 6.54. The van der Waals surface area contributed by atoms with Crippen molar-refractivity contribution in [2.75, 3.05) is 18.1 Å². The number of hydrogen-bond acceptors (Lipinski definition) is 5. The SMILES string of the molecule is CCOc1ccc(C(=O)N2C(=O)N(c3cccc(CC)c3)C3(C)CC2c2ccccc2O3)cc1OCC. The molecule has 7 nitrogen and oxygen atoms in total. The van der Waals surface area contributed by atoms with Crippen molar-refractivity contribution in [3.8, 4) is 17.2 Å². The van der Waals surface area contributed by atoms with Gasteiger partial charge in [-0.25, -0.2) is 4.79 Å². The van der Waals surface area contributed by atoms with Crippen molar-refractivity contribution in [3.05, 3.63) is 83.4 Å². The predicted octanol–water partition coefficient (Wildman–Crippen LogP) is 6.37. The third-order valence-corrected chi connectivity index (χ3v) is 6.95. The second-order valence-corrected chi connectivity index (χ2v) is 9.38. The van der Waals surface area contributed by atoms with Crippen molar-refractivity contribution in [2.45, 2.75) is 52.3 Å². The molecule has 3 aromatic rings. The Balaban J connectivity index is 1.62. The maximum Gasteiger partial charge on any atom is 0.335 e. The van der Waals surface area contributed by atoms with E-state index in [1.165, 1.54) is 4.90 Å². The van der Waals surface area contributed by atoms with Gasteiger partial charge in [0.1, 0.15) is 5.75 Å². The molecule has 0 N–H and O–H groups in total. The molecule has 0 aliphatic carbocycles. The Labute approximate surface area is 217 Å². The molecule has 3 amide bonds. The van der Waals surface area contributed by atoms with Crippen molar-refractivity contribution in [3.63, 3.8) is 0 Å². The van der Waals surface area contributed by atoms with Crippen molar-refractivity contribution in [1.82, 2.24) is 4.90 Å².